The Bertz CT molecular complexity index is 778. The molecule has 1 N–H and O–H groups in total. The normalized spacial score (nSPS) is 26.2. The van der Waals surface area contributed by atoms with Crippen molar-refractivity contribution in [1.82, 2.24) is 4.90 Å². The summed E-state index contributed by atoms with van der Waals surface area (Å²) in [5.41, 5.74) is 1.65. The standard InChI is InChI=1S/C25H31NO3/c27-24(29-19-21-11-5-2-6-12-21)26-22-14-7-15-23(26)18-25(28,17-22)16-8-13-20-9-3-1-4-10-20/h1-6,9-12,22-23,28H,7-8,13-19H2. The lowest BCUT2D eigenvalue weighted by molar-refractivity contribution is -0.0896. The average Bonchev–Trinajstić information content (AvgIpc) is 2.73. The Labute approximate surface area is 173 Å². The van der Waals surface area contributed by atoms with Crippen LogP contribution in [0, 0.1) is 0 Å². The molecule has 2 bridgehead atoms. The van der Waals surface area contributed by atoms with Gasteiger partial charge < -0.3 is 14.7 Å². The molecule has 2 unspecified atom stereocenters. The molecule has 2 aromatic rings. The van der Waals surface area contributed by atoms with Gasteiger partial charge in [-0.1, -0.05) is 60.7 Å². The van der Waals surface area contributed by atoms with Gasteiger partial charge in [-0.25, -0.2) is 4.79 Å². The van der Waals surface area contributed by atoms with Crippen LogP contribution in [0.25, 0.3) is 0 Å². The van der Waals surface area contributed by atoms with Gasteiger partial charge >= 0.3 is 6.09 Å². The number of ether oxygens (including phenoxy) is 1. The molecule has 4 nitrogen and oxygen atoms in total. The van der Waals surface area contributed by atoms with Crippen LogP contribution in [0.3, 0.4) is 0 Å². The number of hydrogen-bond donors (Lipinski definition) is 1. The second-order valence-electron chi connectivity index (χ2n) is 8.66. The maximum Gasteiger partial charge on any atom is 0.410 e. The lowest BCUT2D eigenvalue weighted by Gasteiger charge is -2.51. The van der Waals surface area contributed by atoms with Crippen molar-refractivity contribution < 1.29 is 14.6 Å². The van der Waals surface area contributed by atoms with E-state index in [9.17, 15) is 9.90 Å². The van der Waals surface area contributed by atoms with Crippen LogP contribution >= 0.6 is 0 Å². The van der Waals surface area contributed by atoms with Crippen molar-refractivity contribution in [3.05, 3.63) is 71.8 Å². The molecule has 2 fully saturated rings. The van der Waals surface area contributed by atoms with Crippen molar-refractivity contribution in [2.75, 3.05) is 0 Å². The van der Waals surface area contributed by atoms with Crippen LogP contribution < -0.4 is 0 Å². The SMILES string of the molecule is O=C(OCc1ccccc1)N1C2CCCC1CC(O)(CCCc1ccccc1)C2. The van der Waals surface area contributed by atoms with E-state index in [4.69, 9.17) is 4.74 Å². The maximum absolute atomic E-state index is 12.8. The molecule has 0 aliphatic carbocycles. The van der Waals surface area contributed by atoms with E-state index in [1.807, 2.05) is 41.3 Å². The Morgan fingerprint density at radius 2 is 1.55 bits per heavy atom. The van der Waals surface area contributed by atoms with Crippen LogP contribution in [-0.4, -0.2) is 33.8 Å². The summed E-state index contributed by atoms with van der Waals surface area (Å²) in [6, 6.07) is 20.4. The van der Waals surface area contributed by atoms with Crippen LogP contribution in [0.5, 0.6) is 0 Å². The molecule has 0 spiro atoms. The molecule has 4 heteroatoms. The van der Waals surface area contributed by atoms with Crippen molar-refractivity contribution >= 4 is 6.09 Å². The molecular formula is C25H31NO3. The number of piperidine rings is 2. The topological polar surface area (TPSA) is 49.8 Å². The largest absolute Gasteiger partial charge is 0.445 e. The number of hydrogen-bond acceptors (Lipinski definition) is 3. The zero-order chi connectivity index (χ0) is 20.1. The van der Waals surface area contributed by atoms with Gasteiger partial charge in [-0.15, -0.1) is 0 Å². The number of aliphatic hydroxyl groups is 1. The number of aryl methyl sites for hydroxylation is 1. The molecule has 0 saturated carbocycles. The smallest absolute Gasteiger partial charge is 0.410 e. The minimum atomic E-state index is -0.666. The highest BCUT2D eigenvalue weighted by Crippen LogP contribution is 2.41. The van der Waals surface area contributed by atoms with Crippen LogP contribution in [-0.2, 0) is 17.8 Å². The Kier molecular flexibility index (Phi) is 6.19. The molecule has 2 saturated heterocycles. The lowest BCUT2D eigenvalue weighted by atomic mass is 9.73. The lowest BCUT2D eigenvalue weighted by Crippen LogP contribution is -2.59. The first kappa shape index (κ1) is 20.0. The van der Waals surface area contributed by atoms with Gasteiger partial charge in [0.1, 0.15) is 6.61 Å². The first-order valence-corrected chi connectivity index (χ1v) is 10.9. The summed E-state index contributed by atoms with van der Waals surface area (Å²) in [5, 5.41) is 11.3. The van der Waals surface area contributed by atoms with Gasteiger partial charge in [0.2, 0.25) is 0 Å². The first-order valence-electron chi connectivity index (χ1n) is 10.9. The highest BCUT2D eigenvalue weighted by atomic mass is 16.6. The molecular weight excluding hydrogens is 362 g/mol. The summed E-state index contributed by atoms with van der Waals surface area (Å²) >= 11 is 0. The van der Waals surface area contributed by atoms with E-state index >= 15 is 0 Å². The number of benzene rings is 2. The molecule has 2 aromatic carbocycles. The molecule has 2 atom stereocenters. The average molecular weight is 394 g/mol. The highest BCUT2D eigenvalue weighted by molar-refractivity contribution is 5.69. The summed E-state index contributed by atoms with van der Waals surface area (Å²) < 4.78 is 5.62. The van der Waals surface area contributed by atoms with E-state index in [-0.39, 0.29) is 18.2 Å². The van der Waals surface area contributed by atoms with E-state index in [1.54, 1.807) is 0 Å². The number of carbonyl (C=O) groups is 1. The van der Waals surface area contributed by atoms with Crippen LogP contribution in [0.2, 0.25) is 0 Å². The van der Waals surface area contributed by atoms with Gasteiger partial charge in [-0.05, 0) is 62.5 Å². The Morgan fingerprint density at radius 1 is 0.966 bits per heavy atom. The zero-order valence-corrected chi connectivity index (χ0v) is 17.0. The number of nitrogens with zero attached hydrogens (tertiary/aromatic N) is 1. The minimum Gasteiger partial charge on any atom is -0.445 e. The summed E-state index contributed by atoms with van der Waals surface area (Å²) in [6.07, 6.45) is 6.89. The molecule has 2 heterocycles. The van der Waals surface area contributed by atoms with Gasteiger partial charge in [-0.2, -0.15) is 0 Å². The molecule has 1 amide bonds. The maximum atomic E-state index is 12.8. The van der Waals surface area contributed by atoms with E-state index < -0.39 is 5.60 Å². The van der Waals surface area contributed by atoms with Gasteiger partial charge in [0.25, 0.3) is 0 Å². The Hall–Kier alpha value is -2.33. The fourth-order valence-corrected chi connectivity index (χ4v) is 5.09. The van der Waals surface area contributed by atoms with Crippen molar-refractivity contribution in [2.24, 2.45) is 0 Å². The summed E-state index contributed by atoms with van der Waals surface area (Å²) in [5.74, 6) is 0. The predicted octanol–water partition coefficient (Wildman–Crippen LogP) is 5.09. The predicted molar refractivity (Wildman–Crippen MR) is 113 cm³/mol. The van der Waals surface area contributed by atoms with Gasteiger partial charge in [-0.3, -0.25) is 0 Å². The van der Waals surface area contributed by atoms with Crippen molar-refractivity contribution in [3.63, 3.8) is 0 Å². The fraction of sp³-hybridized carbons (Fsp3) is 0.480. The van der Waals surface area contributed by atoms with E-state index in [2.05, 4.69) is 24.3 Å². The summed E-state index contributed by atoms with van der Waals surface area (Å²) in [4.78, 5) is 14.7. The third-order valence-electron chi connectivity index (χ3n) is 6.46. The molecule has 2 aliphatic heterocycles. The minimum absolute atomic E-state index is 0.0903. The second kappa shape index (κ2) is 9.00. The van der Waals surface area contributed by atoms with E-state index in [0.29, 0.717) is 19.4 Å². The third kappa shape index (κ3) is 4.99. The third-order valence-corrected chi connectivity index (χ3v) is 6.46. The van der Waals surface area contributed by atoms with Crippen LogP contribution in [0.4, 0.5) is 4.79 Å². The second-order valence-corrected chi connectivity index (χ2v) is 8.66. The van der Waals surface area contributed by atoms with Gasteiger partial charge in [0, 0.05) is 12.1 Å². The molecule has 2 aliphatic rings. The summed E-state index contributed by atoms with van der Waals surface area (Å²) in [6.45, 7) is 0.303. The van der Waals surface area contributed by atoms with Crippen molar-refractivity contribution in [2.45, 2.75) is 75.7 Å². The first-order chi connectivity index (χ1) is 14.1. The Balaban J connectivity index is 1.33. The number of fused-ring (bicyclic) bond motifs is 2. The molecule has 29 heavy (non-hydrogen) atoms. The number of rotatable bonds is 6. The zero-order valence-electron chi connectivity index (χ0n) is 17.0. The highest BCUT2D eigenvalue weighted by Gasteiger charge is 2.47. The number of carbonyl (C=O) groups excluding carboxylic acids is 1. The molecule has 154 valence electrons. The van der Waals surface area contributed by atoms with Gasteiger partial charge in [0.15, 0.2) is 0 Å². The van der Waals surface area contributed by atoms with Crippen LogP contribution in [0.15, 0.2) is 60.7 Å². The van der Waals surface area contributed by atoms with E-state index in [1.165, 1.54) is 5.56 Å². The van der Waals surface area contributed by atoms with Gasteiger partial charge in [0.05, 0.1) is 5.60 Å². The van der Waals surface area contributed by atoms with Crippen LogP contribution in [0.1, 0.15) is 56.1 Å². The monoisotopic (exact) mass is 393 g/mol. The van der Waals surface area contributed by atoms with Crippen molar-refractivity contribution in [1.29, 1.82) is 0 Å². The fourth-order valence-electron chi connectivity index (χ4n) is 5.09. The molecule has 4 rings (SSSR count). The molecule has 0 aromatic heterocycles. The number of amides is 1. The summed E-state index contributed by atoms with van der Waals surface area (Å²) in [7, 11) is 0. The van der Waals surface area contributed by atoms with E-state index in [0.717, 1.165) is 44.1 Å². The van der Waals surface area contributed by atoms with Crippen molar-refractivity contribution in [3.8, 4) is 0 Å². The quantitative estimate of drug-likeness (QED) is 0.743. The Morgan fingerprint density at radius 3 is 2.17 bits per heavy atom. The molecule has 0 radical (unpaired) electrons.